The van der Waals surface area contributed by atoms with Crippen LogP contribution in [-0.4, -0.2) is 32.7 Å². The van der Waals surface area contributed by atoms with Gasteiger partial charge in [0.25, 0.3) is 0 Å². The van der Waals surface area contributed by atoms with Gasteiger partial charge in [0.1, 0.15) is 17.7 Å². The first kappa shape index (κ1) is 17.2. The summed E-state index contributed by atoms with van der Waals surface area (Å²) in [5.74, 6) is -0.630. The molecule has 0 spiro atoms. The Hall–Kier alpha value is -3.16. The van der Waals surface area contributed by atoms with Crippen molar-refractivity contribution >= 4 is 17.7 Å². The minimum Gasteiger partial charge on any atom is -0.477 e. The smallest absolute Gasteiger partial charge is 0.412 e. The first-order valence-corrected chi connectivity index (χ1v) is 7.06. The molecule has 0 atom stereocenters. The van der Waals surface area contributed by atoms with Crippen LogP contribution in [0.2, 0.25) is 0 Å². The number of aromatic carboxylic acids is 1. The number of carboxylic acids is 1. The molecule has 0 saturated heterocycles. The predicted octanol–water partition coefficient (Wildman–Crippen LogP) is 3.31. The lowest BCUT2D eigenvalue weighted by Crippen LogP contribution is -2.27. The van der Waals surface area contributed by atoms with Crippen LogP contribution in [0.3, 0.4) is 0 Å². The Labute approximate surface area is 138 Å². The highest BCUT2D eigenvalue weighted by atomic mass is 16.6. The lowest BCUT2D eigenvalue weighted by molar-refractivity contribution is 0.0634. The molecule has 1 aromatic carbocycles. The molecule has 1 aromatic heterocycles. The van der Waals surface area contributed by atoms with Gasteiger partial charge in [-0.2, -0.15) is 0 Å². The van der Waals surface area contributed by atoms with Crippen molar-refractivity contribution in [3.63, 3.8) is 0 Å². The van der Waals surface area contributed by atoms with Crippen LogP contribution in [0.15, 0.2) is 36.7 Å². The number of nitrogens with zero attached hydrogens (tertiary/aromatic N) is 2. The molecule has 24 heavy (non-hydrogen) atoms. The van der Waals surface area contributed by atoms with Gasteiger partial charge in [0.05, 0.1) is 0 Å². The van der Waals surface area contributed by atoms with E-state index in [-0.39, 0.29) is 11.6 Å². The molecule has 0 aliphatic carbocycles. The summed E-state index contributed by atoms with van der Waals surface area (Å²) >= 11 is 0. The van der Waals surface area contributed by atoms with E-state index in [4.69, 9.17) is 14.6 Å². The lowest BCUT2D eigenvalue weighted by atomic mass is 10.2. The van der Waals surface area contributed by atoms with Gasteiger partial charge in [-0.05, 0) is 45.0 Å². The maximum atomic E-state index is 11.7. The Morgan fingerprint density at radius 1 is 1.12 bits per heavy atom. The monoisotopic (exact) mass is 331 g/mol. The molecular weight excluding hydrogens is 314 g/mol. The zero-order valence-corrected chi connectivity index (χ0v) is 13.4. The lowest BCUT2D eigenvalue weighted by Gasteiger charge is -2.19. The highest BCUT2D eigenvalue weighted by Gasteiger charge is 2.16. The third kappa shape index (κ3) is 5.24. The molecular formula is C16H17N3O5. The fraction of sp³-hybridized carbons (Fsp3) is 0.250. The van der Waals surface area contributed by atoms with E-state index in [0.717, 1.165) is 6.33 Å². The van der Waals surface area contributed by atoms with Crippen LogP contribution in [0.4, 0.5) is 10.5 Å². The van der Waals surface area contributed by atoms with Crippen LogP contribution in [-0.2, 0) is 4.74 Å². The van der Waals surface area contributed by atoms with E-state index in [0.29, 0.717) is 11.4 Å². The summed E-state index contributed by atoms with van der Waals surface area (Å²) < 4.78 is 10.6. The van der Waals surface area contributed by atoms with Crippen LogP contribution in [0.1, 0.15) is 31.3 Å². The number of benzene rings is 1. The Kier molecular flexibility index (Phi) is 4.98. The summed E-state index contributed by atoms with van der Waals surface area (Å²) in [7, 11) is 0. The van der Waals surface area contributed by atoms with Crippen molar-refractivity contribution in [1.29, 1.82) is 0 Å². The van der Waals surface area contributed by atoms with Gasteiger partial charge < -0.3 is 14.6 Å². The van der Waals surface area contributed by atoms with Crippen molar-refractivity contribution in [2.75, 3.05) is 5.32 Å². The third-order valence-corrected chi connectivity index (χ3v) is 2.58. The molecule has 0 fully saturated rings. The van der Waals surface area contributed by atoms with Gasteiger partial charge in [0.2, 0.25) is 5.88 Å². The molecule has 0 radical (unpaired) electrons. The number of rotatable bonds is 4. The van der Waals surface area contributed by atoms with Crippen molar-refractivity contribution in [1.82, 2.24) is 9.97 Å². The quantitative estimate of drug-likeness (QED) is 0.884. The largest absolute Gasteiger partial charge is 0.477 e. The second-order valence-corrected chi connectivity index (χ2v) is 5.80. The highest BCUT2D eigenvalue weighted by Crippen LogP contribution is 2.22. The first-order valence-electron chi connectivity index (χ1n) is 7.06. The summed E-state index contributed by atoms with van der Waals surface area (Å²) in [6, 6.07) is 7.68. The highest BCUT2D eigenvalue weighted by molar-refractivity contribution is 5.85. The minimum atomic E-state index is -1.17. The fourth-order valence-corrected chi connectivity index (χ4v) is 1.66. The Balaban J connectivity index is 2.01. The van der Waals surface area contributed by atoms with Crippen LogP contribution in [0.5, 0.6) is 11.6 Å². The van der Waals surface area contributed by atoms with Gasteiger partial charge in [0, 0.05) is 11.8 Å². The van der Waals surface area contributed by atoms with Crippen molar-refractivity contribution in [3.8, 4) is 11.6 Å². The average Bonchev–Trinajstić information content (AvgIpc) is 2.47. The number of ether oxygens (including phenoxy) is 2. The summed E-state index contributed by atoms with van der Waals surface area (Å²) in [5.41, 5.74) is -0.212. The van der Waals surface area contributed by atoms with Gasteiger partial charge in [-0.3, -0.25) is 5.32 Å². The standard InChI is InChI=1S/C16H17N3O5/c1-16(2,3)24-15(22)19-10-4-6-11(7-5-10)23-13-8-12(14(20)21)17-9-18-13/h4-9H,1-3H3,(H,19,22)(H,20,21). The second kappa shape index (κ2) is 6.95. The van der Waals surface area contributed by atoms with Gasteiger partial charge in [-0.15, -0.1) is 0 Å². The molecule has 0 bridgehead atoms. The Morgan fingerprint density at radius 2 is 1.79 bits per heavy atom. The topological polar surface area (TPSA) is 111 Å². The molecule has 126 valence electrons. The summed E-state index contributed by atoms with van der Waals surface area (Å²) in [4.78, 5) is 30.0. The Morgan fingerprint density at radius 3 is 2.38 bits per heavy atom. The van der Waals surface area contributed by atoms with E-state index < -0.39 is 17.7 Å². The number of carboxylic acid groups (broad SMARTS) is 1. The van der Waals surface area contributed by atoms with Gasteiger partial charge in [-0.25, -0.2) is 19.6 Å². The third-order valence-electron chi connectivity index (χ3n) is 2.58. The van der Waals surface area contributed by atoms with E-state index in [1.165, 1.54) is 6.07 Å². The van der Waals surface area contributed by atoms with E-state index in [1.54, 1.807) is 45.0 Å². The van der Waals surface area contributed by atoms with E-state index >= 15 is 0 Å². The molecule has 0 unspecified atom stereocenters. The van der Waals surface area contributed by atoms with Gasteiger partial charge >= 0.3 is 12.1 Å². The molecule has 0 aliphatic rings. The van der Waals surface area contributed by atoms with Crippen molar-refractivity contribution in [2.24, 2.45) is 0 Å². The molecule has 0 aliphatic heterocycles. The van der Waals surface area contributed by atoms with Crippen molar-refractivity contribution in [3.05, 3.63) is 42.4 Å². The number of hydrogen-bond donors (Lipinski definition) is 2. The minimum absolute atomic E-state index is 0.107. The van der Waals surface area contributed by atoms with E-state index in [9.17, 15) is 9.59 Å². The number of aromatic nitrogens is 2. The molecule has 0 saturated carbocycles. The molecule has 1 amide bonds. The van der Waals surface area contributed by atoms with Gasteiger partial charge in [0.15, 0.2) is 5.69 Å². The number of hydrogen-bond acceptors (Lipinski definition) is 6. The molecule has 8 heteroatoms. The maximum Gasteiger partial charge on any atom is 0.412 e. The maximum absolute atomic E-state index is 11.7. The van der Waals surface area contributed by atoms with E-state index in [1.807, 2.05) is 0 Å². The summed E-state index contributed by atoms with van der Waals surface area (Å²) in [6.45, 7) is 5.32. The Bertz CT molecular complexity index is 738. The zero-order chi connectivity index (χ0) is 17.7. The number of amides is 1. The molecule has 8 nitrogen and oxygen atoms in total. The van der Waals surface area contributed by atoms with Crippen LogP contribution < -0.4 is 10.1 Å². The number of carbonyl (C=O) groups excluding carboxylic acids is 1. The van der Waals surface area contributed by atoms with Crippen LogP contribution >= 0.6 is 0 Å². The number of carbonyl (C=O) groups is 2. The summed E-state index contributed by atoms with van der Waals surface area (Å²) in [6.07, 6.45) is 0.551. The van der Waals surface area contributed by atoms with Crippen LogP contribution in [0, 0.1) is 0 Å². The molecule has 2 aromatic rings. The second-order valence-electron chi connectivity index (χ2n) is 5.80. The number of anilines is 1. The SMILES string of the molecule is CC(C)(C)OC(=O)Nc1ccc(Oc2cc(C(=O)O)ncn2)cc1. The van der Waals surface area contributed by atoms with Crippen molar-refractivity contribution in [2.45, 2.75) is 26.4 Å². The molecule has 1 heterocycles. The van der Waals surface area contributed by atoms with Crippen LogP contribution in [0.25, 0.3) is 0 Å². The molecule has 2 N–H and O–H groups in total. The normalized spacial score (nSPS) is 10.8. The zero-order valence-electron chi connectivity index (χ0n) is 13.4. The van der Waals surface area contributed by atoms with E-state index in [2.05, 4.69) is 15.3 Å². The van der Waals surface area contributed by atoms with Crippen molar-refractivity contribution < 1.29 is 24.2 Å². The average molecular weight is 331 g/mol. The summed E-state index contributed by atoms with van der Waals surface area (Å²) in [5, 5.41) is 11.5. The predicted molar refractivity (Wildman–Crippen MR) is 85.4 cm³/mol. The fourth-order valence-electron chi connectivity index (χ4n) is 1.66. The molecule has 2 rings (SSSR count). The first-order chi connectivity index (χ1) is 11.2. The number of nitrogens with one attached hydrogen (secondary N) is 1. The van der Waals surface area contributed by atoms with Gasteiger partial charge in [-0.1, -0.05) is 0 Å².